The van der Waals surface area contributed by atoms with Gasteiger partial charge < -0.3 is 15.1 Å². The van der Waals surface area contributed by atoms with Crippen molar-refractivity contribution in [3.05, 3.63) is 0 Å². The molecule has 2 unspecified atom stereocenters. The van der Waals surface area contributed by atoms with Gasteiger partial charge in [0.05, 0.1) is 6.54 Å². The predicted octanol–water partition coefficient (Wildman–Crippen LogP) is 1.21. The third-order valence-electron chi connectivity index (χ3n) is 5.35. The van der Waals surface area contributed by atoms with Crippen molar-refractivity contribution >= 4 is 5.91 Å². The summed E-state index contributed by atoms with van der Waals surface area (Å²) in [6, 6.07) is 2.06. The molecule has 3 aliphatic heterocycles. The largest absolute Gasteiger partial charge is 0.342 e. The number of rotatable bonds is 3. The minimum Gasteiger partial charge on any atom is -0.342 e. The Morgan fingerprint density at radius 3 is 2.37 bits per heavy atom. The average molecular weight is 265 g/mol. The van der Waals surface area contributed by atoms with Crippen LogP contribution in [0.15, 0.2) is 0 Å². The van der Waals surface area contributed by atoms with Crippen molar-refractivity contribution in [3.63, 3.8) is 0 Å². The van der Waals surface area contributed by atoms with Gasteiger partial charge in [0.15, 0.2) is 0 Å². The highest BCUT2D eigenvalue weighted by Crippen LogP contribution is 2.34. The lowest BCUT2D eigenvalue weighted by atomic mass is 9.98. The van der Waals surface area contributed by atoms with E-state index in [-0.39, 0.29) is 0 Å². The van der Waals surface area contributed by atoms with Gasteiger partial charge in [-0.1, -0.05) is 0 Å². The maximum Gasteiger partial charge on any atom is 0.236 e. The molecule has 0 saturated carbocycles. The van der Waals surface area contributed by atoms with Crippen LogP contribution in [0.1, 0.15) is 44.9 Å². The van der Waals surface area contributed by atoms with Gasteiger partial charge in [0, 0.05) is 31.2 Å². The van der Waals surface area contributed by atoms with Crippen molar-refractivity contribution in [2.24, 2.45) is 0 Å². The molecule has 3 rings (SSSR count). The smallest absolute Gasteiger partial charge is 0.236 e. The molecule has 2 atom stereocenters. The van der Waals surface area contributed by atoms with Crippen LogP contribution >= 0.6 is 0 Å². The summed E-state index contributed by atoms with van der Waals surface area (Å²) in [7, 11) is 2.26. The van der Waals surface area contributed by atoms with Crippen molar-refractivity contribution in [2.45, 2.75) is 63.1 Å². The van der Waals surface area contributed by atoms with Crippen LogP contribution in [0.25, 0.3) is 0 Å². The van der Waals surface area contributed by atoms with Gasteiger partial charge in [0.1, 0.15) is 0 Å². The first-order valence-corrected chi connectivity index (χ1v) is 7.97. The monoisotopic (exact) mass is 265 g/mol. The highest BCUT2D eigenvalue weighted by atomic mass is 16.2. The van der Waals surface area contributed by atoms with Crippen molar-refractivity contribution in [1.29, 1.82) is 0 Å². The Morgan fingerprint density at radius 2 is 1.74 bits per heavy atom. The van der Waals surface area contributed by atoms with E-state index in [0.29, 0.717) is 18.5 Å². The fraction of sp³-hybridized carbons (Fsp3) is 0.933. The van der Waals surface area contributed by atoms with Crippen LogP contribution in [0.5, 0.6) is 0 Å². The Morgan fingerprint density at radius 1 is 1.11 bits per heavy atom. The molecule has 1 amide bonds. The zero-order chi connectivity index (χ0) is 13.2. The van der Waals surface area contributed by atoms with E-state index in [2.05, 4.69) is 17.3 Å². The highest BCUT2D eigenvalue weighted by Gasteiger charge is 2.38. The summed E-state index contributed by atoms with van der Waals surface area (Å²) in [6.07, 6.45) is 8.79. The van der Waals surface area contributed by atoms with Crippen LogP contribution in [0.3, 0.4) is 0 Å². The number of hydrogen-bond donors (Lipinski definition) is 1. The second-order valence-corrected chi connectivity index (χ2v) is 6.54. The van der Waals surface area contributed by atoms with E-state index in [1.165, 1.54) is 44.9 Å². The molecular formula is C15H27N3O. The Bertz CT molecular complexity index is 313. The molecule has 2 bridgehead atoms. The quantitative estimate of drug-likeness (QED) is 0.833. The van der Waals surface area contributed by atoms with Crippen LogP contribution < -0.4 is 5.32 Å². The van der Waals surface area contributed by atoms with Crippen LogP contribution in [0, 0.1) is 0 Å². The summed E-state index contributed by atoms with van der Waals surface area (Å²) < 4.78 is 0. The molecule has 4 heteroatoms. The number of nitrogens with one attached hydrogen (secondary N) is 1. The number of hydrogen-bond acceptors (Lipinski definition) is 3. The molecule has 3 saturated heterocycles. The average Bonchev–Trinajstić information content (AvgIpc) is 2.68. The van der Waals surface area contributed by atoms with Crippen molar-refractivity contribution in [1.82, 2.24) is 15.1 Å². The summed E-state index contributed by atoms with van der Waals surface area (Å²) in [4.78, 5) is 16.7. The molecule has 3 aliphatic rings. The summed E-state index contributed by atoms with van der Waals surface area (Å²) in [5.74, 6) is 0.311. The Labute approximate surface area is 116 Å². The first kappa shape index (κ1) is 13.4. The first-order chi connectivity index (χ1) is 9.24. The fourth-order valence-electron chi connectivity index (χ4n) is 4.06. The molecule has 1 N–H and O–H groups in total. The van der Waals surface area contributed by atoms with Gasteiger partial charge in [-0.15, -0.1) is 0 Å². The molecule has 0 aromatic carbocycles. The third-order valence-corrected chi connectivity index (χ3v) is 5.35. The maximum atomic E-state index is 12.1. The lowest BCUT2D eigenvalue weighted by Gasteiger charge is -2.37. The first-order valence-electron chi connectivity index (χ1n) is 7.97. The van der Waals surface area contributed by atoms with E-state index in [4.69, 9.17) is 0 Å². The number of carbonyl (C=O) groups is 1. The van der Waals surface area contributed by atoms with Crippen LogP contribution in [0.4, 0.5) is 0 Å². The topological polar surface area (TPSA) is 35.6 Å². The van der Waals surface area contributed by atoms with E-state index >= 15 is 0 Å². The highest BCUT2D eigenvalue weighted by molar-refractivity contribution is 5.78. The summed E-state index contributed by atoms with van der Waals surface area (Å²) >= 11 is 0. The van der Waals surface area contributed by atoms with Gasteiger partial charge in [-0.25, -0.2) is 0 Å². The SMILES string of the molecule is CN1C2CCC1CC(NCC(=O)N1CCCCC1)C2. The van der Waals surface area contributed by atoms with Gasteiger partial charge in [-0.2, -0.15) is 0 Å². The Kier molecular flexibility index (Phi) is 4.08. The molecule has 0 radical (unpaired) electrons. The molecule has 19 heavy (non-hydrogen) atoms. The van der Waals surface area contributed by atoms with E-state index in [9.17, 15) is 4.79 Å². The number of piperidine rings is 2. The second-order valence-electron chi connectivity index (χ2n) is 6.54. The molecule has 0 spiro atoms. The number of amides is 1. The van der Waals surface area contributed by atoms with Crippen LogP contribution in [0.2, 0.25) is 0 Å². The molecule has 4 nitrogen and oxygen atoms in total. The zero-order valence-corrected chi connectivity index (χ0v) is 12.1. The maximum absolute atomic E-state index is 12.1. The van der Waals surface area contributed by atoms with E-state index < -0.39 is 0 Å². The lowest BCUT2D eigenvalue weighted by molar-refractivity contribution is -0.131. The van der Waals surface area contributed by atoms with Crippen molar-refractivity contribution in [2.75, 3.05) is 26.7 Å². The number of fused-ring (bicyclic) bond motifs is 2. The fourth-order valence-corrected chi connectivity index (χ4v) is 4.06. The number of carbonyl (C=O) groups excluding carboxylic acids is 1. The van der Waals surface area contributed by atoms with Crippen molar-refractivity contribution in [3.8, 4) is 0 Å². The molecule has 3 heterocycles. The molecule has 0 aromatic rings. The summed E-state index contributed by atoms with van der Waals surface area (Å²) in [6.45, 7) is 2.49. The number of likely N-dealkylation sites (tertiary alicyclic amines) is 1. The van der Waals surface area contributed by atoms with Gasteiger partial charge >= 0.3 is 0 Å². The summed E-state index contributed by atoms with van der Waals surface area (Å²) in [5.41, 5.74) is 0. The van der Waals surface area contributed by atoms with Crippen molar-refractivity contribution < 1.29 is 4.79 Å². The van der Waals surface area contributed by atoms with Crippen LogP contribution in [-0.2, 0) is 4.79 Å². The van der Waals surface area contributed by atoms with E-state index in [1.807, 2.05) is 4.90 Å². The standard InChI is InChI=1S/C15H27N3O/c1-17-13-5-6-14(17)10-12(9-13)16-11-15(19)18-7-3-2-4-8-18/h12-14,16H,2-11H2,1H3. The van der Waals surface area contributed by atoms with Gasteiger partial charge in [0.25, 0.3) is 0 Å². The molecule has 0 aliphatic carbocycles. The van der Waals surface area contributed by atoms with Crippen LogP contribution in [-0.4, -0.2) is 60.5 Å². The van der Waals surface area contributed by atoms with Gasteiger partial charge in [-0.05, 0) is 52.0 Å². The molecule has 3 fully saturated rings. The number of nitrogens with zero attached hydrogens (tertiary/aromatic N) is 2. The lowest BCUT2D eigenvalue weighted by Crippen LogP contribution is -2.50. The summed E-state index contributed by atoms with van der Waals surface area (Å²) in [5, 5.41) is 3.52. The molecule has 0 aromatic heterocycles. The predicted molar refractivity (Wildman–Crippen MR) is 76.0 cm³/mol. The Balaban J connectivity index is 1.44. The molecular weight excluding hydrogens is 238 g/mol. The minimum absolute atomic E-state index is 0.311. The second kappa shape index (κ2) is 5.80. The minimum atomic E-state index is 0.311. The van der Waals surface area contributed by atoms with Gasteiger partial charge in [0.2, 0.25) is 5.91 Å². The third kappa shape index (κ3) is 2.95. The van der Waals surface area contributed by atoms with Gasteiger partial charge in [-0.3, -0.25) is 4.79 Å². The Hall–Kier alpha value is -0.610. The zero-order valence-electron chi connectivity index (χ0n) is 12.1. The van der Waals surface area contributed by atoms with E-state index in [0.717, 1.165) is 25.2 Å². The van der Waals surface area contributed by atoms with E-state index in [1.54, 1.807) is 0 Å². The molecule has 108 valence electrons. The normalized spacial score (nSPS) is 35.6.